The fraction of sp³-hybridized carbons (Fsp3) is 0.263. The van der Waals surface area contributed by atoms with E-state index in [-0.39, 0.29) is 28.2 Å². The van der Waals surface area contributed by atoms with E-state index in [1.165, 1.54) is 32.7 Å². The van der Waals surface area contributed by atoms with E-state index in [9.17, 15) is 8.42 Å². The van der Waals surface area contributed by atoms with Crippen LogP contribution in [0.4, 0.5) is 5.13 Å². The van der Waals surface area contributed by atoms with Crippen LogP contribution in [0, 0.1) is 0 Å². The van der Waals surface area contributed by atoms with E-state index in [4.69, 9.17) is 26.2 Å². The first-order chi connectivity index (χ1) is 14.4. The van der Waals surface area contributed by atoms with Crippen LogP contribution in [0.15, 0.2) is 47.6 Å². The molecule has 0 saturated carbocycles. The summed E-state index contributed by atoms with van der Waals surface area (Å²) in [6, 6.07) is 9.58. The lowest BCUT2D eigenvalue weighted by Gasteiger charge is -2.23. The largest absolute Gasteiger partial charge is 0.497 e. The highest BCUT2D eigenvalue weighted by Gasteiger charge is 2.29. The molecule has 1 N–H and O–H groups in total. The Balaban J connectivity index is 2.04. The predicted octanol–water partition coefficient (Wildman–Crippen LogP) is 3.14. The van der Waals surface area contributed by atoms with E-state index >= 15 is 0 Å². The fourth-order valence-corrected chi connectivity index (χ4v) is 5.30. The van der Waals surface area contributed by atoms with Crippen molar-refractivity contribution in [3.05, 3.63) is 58.9 Å². The number of aliphatic hydroxyl groups is 1. The second-order valence-corrected chi connectivity index (χ2v) is 9.17. The molecule has 3 rings (SSSR count). The van der Waals surface area contributed by atoms with Crippen molar-refractivity contribution in [1.82, 2.24) is 9.36 Å². The number of hydrogen-bond acceptors (Lipinski definition) is 8. The van der Waals surface area contributed by atoms with Crippen molar-refractivity contribution >= 4 is 38.3 Å². The van der Waals surface area contributed by atoms with E-state index in [0.717, 1.165) is 15.8 Å². The summed E-state index contributed by atoms with van der Waals surface area (Å²) >= 11 is 7.19. The van der Waals surface area contributed by atoms with Gasteiger partial charge in [0.2, 0.25) is 5.13 Å². The Bertz CT molecular complexity index is 1110. The van der Waals surface area contributed by atoms with Gasteiger partial charge in [0, 0.05) is 34.8 Å². The fourth-order valence-electron chi connectivity index (χ4n) is 2.81. The molecule has 0 spiro atoms. The van der Waals surface area contributed by atoms with Crippen molar-refractivity contribution in [2.45, 2.75) is 17.9 Å². The van der Waals surface area contributed by atoms with Gasteiger partial charge in [0.15, 0.2) is 0 Å². The molecule has 30 heavy (non-hydrogen) atoms. The molecule has 0 atom stereocenters. The van der Waals surface area contributed by atoms with Crippen molar-refractivity contribution in [2.24, 2.45) is 0 Å². The molecule has 3 aromatic rings. The van der Waals surface area contributed by atoms with Crippen molar-refractivity contribution in [3.8, 4) is 11.5 Å². The SMILES string of the molecule is COc1ccc(CN(c2ncns2)S(=O)(=O)c2ccc(CCO)c(Cl)c2)c(OC)c1. The molecule has 0 aliphatic rings. The van der Waals surface area contributed by atoms with Crippen LogP contribution in [0.25, 0.3) is 0 Å². The molecule has 0 aliphatic heterocycles. The summed E-state index contributed by atoms with van der Waals surface area (Å²) in [7, 11) is -0.970. The lowest BCUT2D eigenvalue weighted by Crippen LogP contribution is -2.30. The number of aromatic nitrogens is 2. The summed E-state index contributed by atoms with van der Waals surface area (Å²) in [5.41, 5.74) is 1.29. The first-order valence-electron chi connectivity index (χ1n) is 8.80. The number of sulfonamides is 1. The molecule has 11 heteroatoms. The number of rotatable bonds is 9. The van der Waals surface area contributed by atoms with Gasteiger partial charge in [0.25, 0.3) is 10.0 Å². The topological polar surface area (TPSA) is 102 Å². The van der Waals surface area contributed by atoms with Crippen molar-refractivity contribution in [3.63, 3.8) is 0 Å². The summed E-state index contributed by atoms with van der Waals surface area (Å²) in [6.45, 7) is -0.110. The third-order valence-corrected chi connectivity index (χ3v) is 7.25. The second kappa shape index (κ2) is 9.61. The van der Waals surface area contributed by atoms with Gasteiger partial charge in [0.05, 0.1) is 25.7 Å². The highest BCUT2D eigenvalue weighted by atomic mass is 35.5. The number of nitrogens with zero attached hydrogens (tertiary/aromatic N) is 3. The van der Waals surface area contributed by atoms with Crippen molar-refractivity contribution in [2.75, 3.05) is 25.1 Å². The number of ether oxygens (including phenoxy) is 2. The van der Waals surface area contributed by atoms with Crippen LogP contribution in [-0.2, 0) is 23.0 Å². The zero-order valence-corrected chi connectivity index (χ0v) is 18.7. The zero-order chi connectivity index (χ0) is 21.7. The van der Waals surface area contributed by atoms with Crippen LogP contribution in [0.3, 0.4) is 0 Å². The quantitative estimate of drug-likeness (QED) is 0.513. The van der Waals surface area contributed by atoms with E-state index in [2.05, 4.69) is 9.36 Å². The van der Waals surface area contributed by atoms with Gasteiger partial charge in [-0.05, 0) is 36.2 Å². The maximum Gasteiger partial charge on any atom is 0.266 e. The number of hydrogen-bond donors (Lipinski definition) is 1. The van der Waals surface area contributed by atoms with Crippen molar-refractivity contribution in [1.29, 1.82) is 0 Å². The van der Waals surface area contributed by atoms with Crippen LogP contribution in [0.5, 0.6) is 11.5 Å². The van der Waals surface area contributed by atoms with E-state index in [0.29, 0.717) is 29.0 Å². The summed E-state index contributed by atoms with van der Waals surface area (Å²) in [5, 5.41) is 9.60. The molecule has 0 unspecified atom stereocenters. The number of benzene rings is 2. The maximum absolute atomic E-state index is 13.5. The normalized spacial score (nSPS) is 11.3. The summed E-state index contributed by atoms with van der Waals surface area (Å²) in [5.74, 6) is 1.07. The van der Waals surface area contributed by atoms with Gasteiger partial charge in [-0.25, -0.2) is 17.7 Å². The standard InChI is InChI=1S/C19H20ClN3O5S2/c1-27-15-5-3-14(18(9-15)28-2)11-23(19-21-12-22-29-19)30(25,26)16-6-4-13(7-8-24)17(20)10-16/h3-6,9-10,12,24H,7-8,11H2,1-2H3. The van der Waals surface area contributed by atoms with Gasteiger partial charge in [-0.1, -0.05) is 17.7 Å². The minimum absolute atomic E-state index is 0.0110. The Morgan fingerprint density at radius 2 is 1.90 bits per heavy atom. The minimum Gasteiger partial charge on any atom is -0.497 e. The third kappa shape index (κ3) is 4.67. The average molecular weight is 470 g/mol. The van der Waals surface area contributed by atoms with Gasteiger partial charge in [-0.3, -0.25) is 0 Å². The van der Waals surface area contributed by atoms with E-state index in [1.807, 2.05) is 0 Å². The molecular formula is C19H20ClN3O5S2. The average Bonchev–Trinajstić information content (AvgIpc) is 3.27. The monoisotopic (exact) mass is 469 g/mol. The Hall–Kier alpha value is -2.40. The summed E-state index contributed by atoms with van der Waals surface area (Å²) in [6.07, 6.45) is 1.63. The van der Waals surface area contributed by atoms with Gasteiger partial charge in [-0.2, -0.15) is 4.37 Å². The molecule has 0 radical (unpaired) electrons. The molecule has 0 saturated heterocycles. The first kappa shape index (κ1) is 22.3. The number of aliphatic hydroxyl groups excluding tert-OH is 1. The highest BCUT2D eigenvalue weighted by Crippen LogP contribution is 2.32. The van der Waals surface area contributed by atoms with Crippen LogP contribution in [0.1, 0.15) is 11.1 Å². The molecule has 160 valence electrons. The molecule has 0 fully saturated rings. The second-order valence-electron chi connectivity index (χ2n) is 6.14. The predicted molar refractivity (Wildman–Crippen MR) is 115 cm³/mol. The summed E-state index contributed by atoms with van der Waals surface area (Å²) < 4.78 is 42.6. The zero-order valence-electron chi connectivity index (χ0n) is 16.3. The van der Waals surface area contributed by atoms with E-state index in [1.54, 1.807) is 24.3 Å². The van der Waals surface area contributed by atoms with Gasteiger partial charge >= 0.3 is 0 Å². The molecular weight excluding hydrogens is 450 g/mol. The minimum atomic E-state index is -4.01. The molecule has 1 heterocycles. The molecule has 0 aliphatic carbocycles. The Labute approximate surface area is 183 Å². The molecule has 8 nitrogen and oxygen atoms in total. The number of halogens is 1. The Morgan fingerprint density at radius 3 is 2.50 bits per heavy atom. The first-order valence-corrected chi connectivity index (χ1v) is 11.4. The van der Waals surface area contributed by atoms with Crippen molar-refractivity contribution < 1.29 is 23.0 Å². The molecule has 1 aromatic heterocycles. The van der Waals surface area contributed by atoms with Crippen LogP contribution in [0.2, 0.25) is 5.02 Å². The van der Waals surface area contributed by atoms with Crippen LogP contribution >= 0.6 is 23.1 Å². The van der Waals surface area contributed by atoms with Crippen LogP contribution in [-0.4, -0.2) is 43.7 Å². The Kier molecular flexibility index (Phi) is 7.14. The summed E-state index contributed by atoms with van der Waals surface area (Å²) in [4.78, 5) is 4.10. The lowest BCUT2D eigenvalue weighted by molar-refractivity contribution is 0.299. The molecule has 0 bridgehead atoms. The number of methoxy groups -OCH3 is 2. The molecule has 0 amide bonds. The van der Waals surface area contributed by atoms with Crippen LogP contribution < -0.4 is 13.8 Å². The smallest absolute Gasteiger partial charge is 0.266 e. The van der Waals surface area contributed by atoms with Gasteiger partial charge in [0.1, 0.15) is 17.8 Å². The third-order valence-electron chi connectivity index (χ3n) is 4.36. The van der Waals surface area contributed by atoms with E-state index < -0.39 is 10.0 Å². The Morgan fingerprint density at radius 1 is 1.13 bits per heavy atom. The maximum atomic E-state index is 13.5. The molecule has 2 aromatic carbocycles. The highest BCUT2D eigenvalue weighted by molar-refractivity contribution is 7.93. The van der Waals surface area contributed by atoms with Gasteiger partial charge < -0.3 is 14.6 Å². The number of anilines is 1. The van der Waals surface area contributed by atoms with Gasteiger partial charge in [-0.15, -0.1) is 0 Å². The lowest BCUT2D eigenvalue weighted by atomic mass is 10.2.